The van der Waals surface area contributed by atoms with Crippen LogP contribution in [0.25, 0.3) is 5.69 Å². The maximum Gasteiger partial charge on any atom is 0.433 e. The molecule has 1 heterocycles. The van der Waals surface area contributed by atoms with Gasteiger partial charge in [-0.3, -0.25) is 4.79 Å². The Hall–Kier alpha value is -2.06. The predicted molar refractivity (Wildman–Crippen MR) is 93.5 cm³/mol. The molecule has 0 aliphatic heterocycles. The van der Waals surface area contributed by atoms with E-state index in [2.05, 4.69) is 10.4 Å². The minimum atomic E-state index is -4.52. The lowest BCUT2D eigenvalue weighted by Gasteiger charge is -2.19. The molecule has 0 bridgehead atoms. The molecule has 1 aliphatic rings. The minimum Gasteiger partial charge on any atom is -0.349 e. The lowest BCUT2D eigenvalue weighted by atomic mass is 10.0. The number of halogens is 4. The fourth-order valence-electron chi connectivity index (χ4n) is 3.26. The molecule has 3 rings (SSSR count). The van der Waals surface area contributed by atoms with Crippen molar-refractivity contribution < 1.29 is 18.0 Å². The number of nitrogens with one attached hydrogen (secondary N) is 1. The molecule has 1 aromatic carbocycles. The smallest absolute Gasteiger partial charge is 0.349 e. The quantitative estimate of drug-likeness (QED) is 0.845. The highest BCUT2D eigenvalue weighted by atomic mass is 35.5. The molecule has 2 aromatic rings. The third kappa shape index (κ3) is 4.19. The molecular weight excluding hydrogens is 369 g/mol. The highest BCUT2D eigenvalue weighted by Crippen LogP contribution is 2.30. The van der Waals surface area contributed by atoms with E-state index in [1.165, 1.54) is 12.1 Å². The van der Waals surface area contributed by atoms with Gasteiger partial charge in [-0.15, -0.1) is 12.4 Å². The van der Waals surface area contributed by atoms with Crippen molar-refractivity contribution in [2.24, 2.45) is 11.7 Å². The van der Waals surface area contributed by atoms with Crippen LogP contribution in [-0.2, 0) is 6.18 Å². The lowest BCUT2D eigenvalue weighted by Crippen LogP contribution is -2.39. The number of amides is 1. The highest BCUT2D eigenvalue weighted by molar-refractivity contribution is 5.95. The van der Waals surface area contributed by atoms with Crippen LogP contribution in [0.3, 0.4) is 0 Å². The van der Waals surface area contributed by atoms with E-state index in [9.17, 15) is 18.0 Å². The number of aromatic nitrogens is 2. The minimum absolute atomic E-state index is 0. The molecule has 5 nitrogen and oxygen atoms in total. The SMILES string of the molecule is Cl.NCC1CCCC1NC(=O)c1cccc(-n2nccc2C(F)(F)F)c1. The summed E-state index contributed by atoms with van der Waals surface area (Å²) in [6.45, 7) is 0.507. The van der Waals surface area contributed by atoms with E-state index < -0.39 is 11.9 Å². The average Bonchev–Trinajstić information content (AvgIpc) is 3.23. The molecule has 0 radical (unpaired) electrons. The summed E-state index contributed by atoms with van der Waals surface area (Å²) in [5.74, 6) is -0.0667. The van der Waals surface area contributed by atoms with Gasteiger partial charge in [0.1, 0.15) is 5.69 Å². The molecule has 0 saturated heterocycles. The van der Waals surface area contributed by atoms with E-state index in [1.54, 1.807) is 12.1 Å². The summed E-state index contributed by atoms with van der Waals surface area (Å²) in [6.07, 6.45) is -0.587. The number of nitrogens with zero attached hydrogens (tertiary/aromatic N) is 2. The van der Waals surface area contributed by atoms with Gasteiger partial charge >= 0.3 is 6.18 Å². The van der Waals surface area contributed by atoms with E-state index in [-0.39, 0.29) is 36.0 Å². The van der Waals surface area contributed by atoms with Crippen LogP contribution < -0.4 is 11.1 Å². The summed E-state index contributed by atoms with van der Waals surface area (Å²) < 4.78 is 39.9. The second-order valence-electron chi connectivity index (χ2n) is 6.18. The van der Waals surface area contributed by atoms with E-state index >= 15 is 0 Å². The average molecular weight is 389 g/mol. The monoisotopic (exact) mass is 388 g/mol. The lowest BCUT2D eigenvalue weighted by molar-refractivity contribution is -0.142. The van der Waals surface area contributed by atoms with E-state index in [0.29, 0.717) is 12.1 Å². The Morgan fingerprint density at radius 3 is 2.77 bits per heavy atom. The van der Waals surface area contributed by atoms with Gasteiger partial charge in [-0.1, -0.05) is 12.5 Å². The number of carbonyl (C=O) groups excluding carboxylic acids is 1. The molecule has 1 fully saturated rings. The van der Waals surface area contributed by atoms with Crippen LogP contribution in [0, 0.1) is 5.92 Å². The van der Waals surface area contributed by atoms with Gasteiger partial charge in [0.05, 0.1) is 11.9 Å². The number of alkyl halides is 3. The summed E-state index contributed by atoms with van der Waals surface area (Å²) in [7, 11) is 0. The maximum atomic E-state index is 13.0. The zero-order chi connectivity index (χ0) is 18.0. The number of hydrogen-bond acceptors (Lipinski definition) is 3. The topological polar surface area (TPSA) is 72.9 Å². The highest BCUT2D eigenvalue weighted by Gasteiger charge is 2.35. The van der Waals surface area contributed by atoms with Crippen molar-refractivity contribution in [2.45, 2.75) is 31.5 Å². The van der Waals surface area contributed by atoms with Gasteiger partial charge in [0.15, 0.2) is 0 Å². The van der Waals surface area contributed by atoms with Crippen LogP contribution in [0.2, 0.25) is 0 Å². The molecule has 1 aromatic heterocycles. The normalized spacial score (nSPS) is 19.8. The summed E-state index contributed by atoms with van der Waals surface area (Å²) in [4.78, 5) is 12.5. The Bertz CT molecular complexity index is 762. The van der Waals surface area contributed by atoms with Crippen molar-refractivity contribution in [3.8, 4) is 5.69 Å². The Morgan fingerprint density at radius 1 is 1.31 bits per heavy atom. The molecule has 9 heteroatoms. The summed E-state index contributed by atoms with van der Waals surface area (Å²) in [6, 6.07) is 6.92. The maximum absolute atomic E-state index is 13.0. The van der Waals surface area contributed by atoms with Crippen LogP contribution >= 0.6 is 12.4 Å². The van der Waals surface area contributed by atoms with Crippen LogP contribution in [0.4, 0.5) is 13.2 Å². The third-order valence-corrected chi connectivity index (χ3v) is 4.56. The standard InChI is InChI=1S/C17H19F3N4O.ClH/c18-17(19,20)15-7-8-22-24(15)13-5-1-3-11(9-13)16(25)23-14-6-2-4-12(14)10-21;/h1,3,5,7-9,12,14H,2,4,6,10,21H2,(H,23,25);1H. The zero-order valence-electron chi connectivity index (χ0n) is 13.9. The van der Waals surface area contributed by atoms with Crippen LogP contribution in [0.5, 0.6) is 0 Å². The van der Waals surface area contributed by atoms with Crippen molar-refractivity contribution in [3.63, 3.8) is 0 Å². The van der Waals surface area contributed by atoms with Gasteiger partial charge in [0.2, 0.25) is 0 Å². The molecule has 1 saturated carbocycles. The predicted octanol–water partition coefficient (Wildman–Crippen LogP) is 3.17. The van der Waals surface area contributed by atoms with Crippen molar-refractivity contribution in [3.05, 3.63) is 47.8 Å². The van der Waals surface area contributed by atoms with Gasteiger partial charge in [0.25, 0.3) is 5.91 Å². The number of carbonyl (C=O) groups is 1. The van der Waals surface area contributed by atoms with E-state index in [1.807, 2.05) is 0 Å². The fraction of sp³-hybridized carbons (Fsp3) is 0.412. The third-order valence-electron chi connectivity index (χ3n) is 4.56. The molecule has 1 aliphatic carbocycles. The van der Waals surface area contributed by atoms with Gasteiger partial charge in [-0.25, -0.2) is 4.68 Å². The number of nitrogens with two attached hydrogens (primary N) is 1. The Labute approximate surface area is 155 Å². The van der Waals surface area contributed by atoms with Crippen LogP contribution in [0.1, 0.15) is 35.3 Å². The Balaban J connectivity index is 0.00000243. The molecule has 0 spiro atoms. The van der Waals surface area contributed by atoms with Crippen molar-refractivity contribution in [2.75, 3.05) is 6.54 Å². The van der Waals surface area contributed by atoms with Gasteiger partial charge in [-0.2, -0.15) is 18.3 Å². The van der Waals surface area contributed by atoms with Crippen LogP contribution in [0.15, 0.2) is 36.5 Å². The first-order chi connectivity index (χ1) is 11.9. The van der Waals surface area contributed by atoms with Gasteiger partial charge < -0.3 is 11.1 Å². The summed E-state index contributed by atoms with van der Waals surface area (Å²) >= 11 is 0. The van der Waals surface area contributed by atoms with Crippen molar-refractivity contribution >= 4 is 18.3 Å². The Kier molecular flexibility index (Phi) is 6.30. The van der Waals surface area contributed by atoms with E-state index in [0.717, 1.165) is 36.2 Å². The van der Waals surface area contributed by atoms with Gasteiger partial charge in [-0.05, 0) is 49.6 Å². The number of benzene rings is 1. The summed E-state index contributed by atoms with van der Waals surface area (Å²) in [5.41, 5.74) is 5.31. The second kappa shape index (κ2) is 8.09. The first-order valence-corrected chi connectivity index (χ1v) is 8.12. The fourth-order valence-corrected chi connectivity index (χ4v) is 3.26. The van der Waals surface area contributed by atoms with Crippen molar-refractivity contribution in [1.82, 2.24) is 15.1 Å². The molecule has 2 atom stereocenters. The molecule has 142 valence electrons. The zero-order valence-corrected chi connectivity index (χ0v) is 14.7. The number of hydrogen-bond donors (Lipinski definition) is 2. The van der Waals surface area contributed by atoms with E-state index in [4.69, 9.17) is 5.73 Å². The van der Waals surface area contributed by atoms with Crippen molar-refractivity contribution in [1.29, 1.82) is 0 Å². The Morgan fingerprint density at radius 2 is 2.08 bits per heavy atom. The molecular formula is C17H20ClF3N4O. The molecule has 2 unspecified atom stereocenters. The first kappa shape index (κ1) is 20.3. The molecule has 26 heavy (non-hydrogen) atoms. The first-order valence-electron chi connectivity index (χ1n) is 8.12. The number of rotatable bonds is 4. The second-order valence-corrected chi connectivity index (χ2v) is 6.18. The van der Waals surface area contributed by atoms with Gasteiger partial charge in [0, 0.05) is 11.6 Å². The molecule has 3 N–H and O–H groups in total. The van der Waals surface area contributed by atoms with Crippen LogP contribution in [-0.4, -0.2) is 28.3 Å². The summed E-state index contributed by atoms with van der Waals surface area (Å²) in [5, 5.41) is 6.67. The molecule has 1 amide bonds. The largest absolute Gasteiger partial charge is 0.433 e.